The van der Waals surface area contributed by atoms with Gasteiger partial charge in [0, 0.05) is 66.6 Å². The molecule has 3 saturated heterocycles. The smallest absolute Gasteiger partial charge is 0.332 e. The van der Waals surface area contributed by atoms with E-state index in [1.807, 2.05) is 67.1 Å². The maximum absolute atomic E-state index is 12.8. The highest BCUT2D eigenvalue weighted by molar-refractivity contribution is 6.35. The van der Waals surface area contributed by atoms with E-state index >= 15 is 0 Å². The van der Waals surface area contributed by atoms with Gasteiger partial charge in [-0.05, 0) is 74.5 Å². The van der Waals surface area contributed by atoms with Crippen LogP contribution in [0.1, 0.15) is 19.4 Å². The van der Waals surface area contributed by atoms with Gasteiger partial charge >= 0.3 is 6.03 Å². The van der Waals surface area contributed by atoms with E-state index in [1.165, 1.54) is 4.90 Å². The topological polar surface area (TPSA) is 92.6 Å². The lowest BCUT2D eigenvalue weighted by Crippen LogP contribution is -2.46. The molecule has 0 aliphatic carbocycles. The molecule has 1 aromatic heterocycles. The minimum atomic E-state index is -1.11. The molecule has 13 heteroatoms. The van der Waals surface area contributed by atoms with Gasteiger partial charge in [0.2, 0.25) is 5.79 Å². The standard InChI is InChI=1S/C36H38Cl2N6O5/c1-25(2)43-20-34(45)44(35(43)46)29-6-4-27(5-7-29)41-15-17-42(18-16-41)28-8-10-30(11-9-28)47-21-31-22-48-36(49-31,23-40-14-13-39-24-40)32-12-3-26(37)19-33(32)38/h3-14,19,24-25,31H,15-18,20-23H2,1-2H3/t31-,36-/m1/s1. The second-order valence-corrected chi connectivity index (χ2v) is 13.5. The lowest BCUT2D eigenvalue weighted by Gasteiger charge is -2.37. The molecule has 3 aliphatic heterocycles. The highest BCUT2D eigenvalue weighted by atomic mass is 35.5. The molecule has 3 aromatic carbocycles. The van der Waals surface area contributed by atoms with Crippen LogP contribution in [0.5, 0.6) is 5.75 Å². The van der Waals surface area contributed by atoms with Crippen molar-refractivity contribution in [2.45, 2.75) is 38.3 Å². The molecule has 0 saturated carbocycles. The SMILES string of the molecule is CC(C)N1CC(=O)N(c2ccc(N3CCN(c4ccc(OC[C@@H]5CO[C@@](Cn6ccnc6)(c6ccc(Cl)cc6Cl)O5)cc4)CC3)cc2)C1=O. The fourth-order valence-electron chi connectivity index (χ4n) is 6.53. The van der Waals surface area contributed by atoms with Crippen LogP contribution in [-0.4, -0.2) is 84.5 Å². The van der Waals surface area contributed by atoms with Crippen LogP contribution >= 0.6 is 23.2 Å². The molecule has 0 bridgehead atoms. The number of amides is 3. The number of piperazine rings is 1. The summed E-state index contributed by atoms with van der Waals surface area (Å²) in [7, 11) is 0. The van der Waals surface area contributed by atoms with Crippen LogP contribution in [0.15, 0.2) is 85.5 Å². The number of urea groups is 1. The highest BCUT2D eigenvalue weighted by Crippen LogP contribution is 2.40. The number of imide groups is 1. The van der Waals surface area contributed by atoms with E-state index in [9.17, 15) is 9.59 Å². The zero-order valence-corrected chi connectivity index (χ0v) is 28.9. The van der Waals surface area contributed by atoms with Crippen LogP contribution in [-0.2, 0) is 26.6 Å². The molecule has 11 nitrogen and oxygen atoms in total. The molecule has 7 rings (SSSR count). The number of anilines is 3. The molecule has 3 fully saturated rings. The van der Waals surface area contributed by atoms with Crippen LogP contribution < -0.4 is 19.4 Å². The number of imidazole rings is 1. The van der Waals surface area contributed by atoms with E-state index in [2.05, 4.69) is 26.9 Å². The van der Waals surface area contributed by atoms with Gasteiger partial charge < -0.3 is 33.5 Å². The van der Waals surface area contributed by atoms with Gasteiger partial charge in [0.1, 0.15) is 25.0 Å². The summed E-state index contributed by atoms with van der Waals surface area (Å²) in [6.07, 6.45) is 4.96. The third-order valence-corrected chi connectivity index (χ3v) is 9.70. The molecular formula is C36H38Cl2N6O5. The summed E-state index contributed by atoms with van der Waals surface area (Å²) in [6, 6.07) is 20.8. The summed E-state index contributed by atoms with van der Waals surface area (Å²) in [5.74, 6) is -0.555. The molecule has 49 heavy (non-hydrogen) atoms. The summed E-state index contributed by atoms with van der Waals surface area (Å²) in [4.78, 5) is 37.0. The van der Waals surface area contributed by atoms with Gasteiger partial charge in [0.25, 0.3) is 5.91 Å². The zero-order valence-electron chi connectivity index (χ0n) is 27.4. The molecule has 4 heterocycles. The minimum absolute atomic E-state index is 0.0239. The van der Waals surface area contributed by atoms with Gasteiger partial charge in [0.05, 0.1) is 30.2 Å². The molecule has 0 N–H and O–H groups in total. The fraction of sp³-hybridized carbons (Fsp3) is 0.361. The molecule has 3 amide bonds. The molecular weight excluding hydrogens is 667 g/mol. The van der Waals surface area contributed by atoms with E-state index in [0.717, 1.165) is 43.3 Å². The van der Waals surface area contributed by atoms with Crippen LogP contribution in [0.3, 0.4) is 0 Å². The maximum Gasteiger partial charge on any atom is 0.332 e. The summed E-state index contributed by atoms with van der Waals surface area (Å²) < 4.78 is 20.8. The van der Waals surface area contributed by atoms with Gasteiger partial charge in [-0.25, -0.2) is 14.7 Å². The average Bonchev–Trinajstić information content (AvgIpc) is 3.84. The number of halogens is 2. The Morgan fingerprint density at radius 2 is 1.57 bits per heavy atom. The molecule has 2 atom stereocenters. The first-order valence-corrected chi connectivity index (χ1v) is 17.1. The van der Waals surface area contributed by atoms with Crippen molar-refractivity contribution >= 4 is 52.2 Å². The fourth-order valence-corrected chi connectivity index (χ4v) is 7.08. The molecule has 0 spiro atoms. The average molecular weight is 706 g/mol. The number of ether oxygens (including phenoxy) is 3. The first kappa shape index (κ1) is 33.2. The lowest BCUT2D eigenvalue weighted by atomic mass is 10.1. The van der Waals surface area contributed by atoms with Crippen molar-refractivity contribution in [3.63, 3.8) is 0 Å². The quantitative estimate of drug-likeness (QED) is 0.185. The number of nitrogens with zero attached hydrogens (tertiary/aromatic N) is 6. The normalized spacial score (nSPS) is 21.4. The second kappa shape index (κ2) is 13.9. The Morgan fingerprint density at radius 3 is 2.16 bits per heavy atom. The lowest BCUT2D eigenvalue weighted by molar-refractivity contribution is -0.189. The van der Waals surface area contributed by atoms with Crippen molar-refractivity contribution in [1.29, 1.82) is 0 Å². The third-order valence-electron chi connectivity index (χ3n) is 9.16. The van der Waals surface area contributed by atoms with E-state index in [-0.39, 0.29) is 30.6 Å². The van der Waals surface area contributed by atoms with Crippen molar-refractivity contribution in [3.05, 3.63) is 101 Å². The Labute approximate surface area is 295 Å². The third kappa shape index (κ3) is 6.94. The largest absolute Gasteiger partial charge is 0.491 e. The summed E-state index contributed by atoms with van der Waals surface area (Å²) in [5.41, 5.74) is 3.50. The van der Waals surface area contributed by atoms with Crippen molar-refractivity contribution in [3.8, 4) is 5.75 Å². The summed E-state index contributed by atoms with van der Waals surface area (Å²) in [5, 5.41) is 1.00. The van der Waals surface area contributed by atoms with Crippen molar-refractivity contribution in [2.75, 3.05) is 60.6 Å². The predicted molar refractivity (Wildman–Crippen MR) is 189 cm³/mol. The molecule has 0 radical (unpaired) electrons. The molecule has 256 valence electrons. The Kier molecular flexibility index (Phi) is 9.43. The van der Waals surface area contributed by atoms with Crippen LogP contribution in [0.4, 0.5) is 21.9 Å². The molecule has 0 unspecified atom stereocenters. The van der Waals surface area contributed by atoms with Crippen molar-refractivity contribution < 1.29 is 23.8 Å². The Balaban J connectivity index is 0.920. The Hall–Kier alpha value is -4.29. The highest BCUT2D eigenvalue weighted by Gasteiger charge is 2.45. The Morgan fingerprint density at radius 1 is 0.918 bits per heavy atom. The number of aromatic nitrogens is 2. The van der Waals surface area contributed by atoms with Crippen molar-refractivity contribution in [2.24, 2.45) is 0 Å². The van der Waals surface area contributed by atoms with Crippen molar-refractivity contribution in [1.82, 2.24) is 14.5 Å². The van der Waals surface area contributed by atoms with Gasteiger partial charge in [-0.15, -0.1) is 0 Å². The monoisotopic (exact) mass is 704 g/mol. The Bertz CT molecular complexity index is 1780. The zero-order chi connectivity index (χ0) is 34.1. The minimum Gasteiger partial charge on any atom is -0.491 e. The number of carbonyl (C=O) groups is 2. The first-order valence-electron chi connectivity index (χ1n) is 16.4. The summed E-state index contributed by atoms with van der Waals surface area (Å²) >= 11 is 12.8. The maximum atomic E-state index is 12.8. The van der Waals surface area contributed by atoms with E-state index in [1.54, 1.807) is 29.6 Å². The van der Waals surface area contributed by atoms with Gasteiger partial charge in [0.15, 0.2) is 0 Å². The number of benzene rings is 3. The van der Waals surface area contributed by atoms with E-state index in [4.69, 9.17) is 37.4 Å². The number of hydrogen-bond donors (Lipinski definition) is 0. The van der Waals surface area contributed by atoms with Crippen LogP contribution in [0, 0.1) is 0 Å². The second-order valence-electron chi connectivity index (χ2n) is 12.7. The van der Waals surface area contributed by atoms with E-state index < -0.39 is 5.79 Å². The van der Waals surface area contributed by atoms with Gasteiger partial charge in [-0.1, -0.05) is 29.3 Å². The predicted octanol–water partition coefficient (Wildman–Crippen LogP) is 6.04. The molecule has 4 aromatic rings. The van der Waals surface area contributed by atoms with Crippen LogP contribution in [0.2, 0.25) is 10.0 Å². The molecule has 3 aliphatic rings. The van der Waals surface area contributed by atoms with Crippen LogP contribution in [0.25, 0.3) is 0 Å². The first-order chi connectivity index (χ1) is 23.7. The van der Waals surface area contributed by atoms with Gasteiger partial charge in [-0.3, -0.25) is 4.79 Å². The van der Waals surface area contributed by atoms with Gasteiger partial charge in [-0.2, -0.15) is 0 Å². The number of rotatable bonds is 10. The number of hydrogen-bond acceptors (Lipinski definition) is 8. The number of carbonyl (C=O) groups excluding carboxylic acids is 2. The van der Waals surface area contributed by atoms with E-state index in [0.29, 0.717) is 41.1 Å². The summed E-state index contributed by atoms with van der Waals surface area (Å²) in [6.45, 7) is 8.36.